The van der Waals surface area contributed by atoms with Crippen LogP contribution in [0.25, 0.3) is 0 Å². The summed E-state index contributed by atoms with van der Waals surface area (Å²) in [5.74, 6) is -1.85. The van der Waals surface area contributed by atoms with Gasteiger partial charge in [-0.1, -0.05) is 0 Å². The first-order valence-corrected chi connectivity index (χ1v) is 7.42. The molecule has 1 rings (SSSR count). The van der Waals surface area contributed by atoms with Crippen molar-refractivity contribution in [1.82, 2.24) is 0 Å². The molecule has 0 aromatic heterocycles. The predicted octanol–water partition coefficient (Wildman–Crippen LogP) is 3.03. The van der Waals surface area contributed by atoms with Crippen LogP contribution < -0.4 is 0 Å². The van der Waals surface area contributed by atoms with E-state index in [1.54, 1.807) is 13.8 Å². The maximum atomic E-state index is 13.0. The Bertz CT molecular complexity index is 368. The van der Waals surface area contributed by atoms with E-state index in [4.69, 9.17) is 9.05 Å². The van der Waals surface area contributed by atoms with Gasteiger partial charge in [-0.05, 0) is 0 Å². The molecule has 0 saturated heterocycles. The molecule has 0 atom stereocenters. The summed E-state index contributed by atoms with van der Waals surface area (Å²) in [4.78, 5) is 10.1. The summed E-state index contributed by atoms with van der Waals surface area (Å²) in [5, 5.41) is 0. The van der Waals surface area contributed by atoms with E-state index in [0.717, 1.165) is 12.1 Å². The van der Waals surface area contributed by atoms with Gasteiger partial charge in [-0.3, -0.25) is 0 Å². The summed E-state index contributed by atoms with van der Waals surface area (Å²) in [6.45, 7) is 4.10. The second kappa shape index (κ2) is 6.36. The molecule has 0 aliphatic rings. The SMILES string of the molecule is CCO[PH](O)(Cc1ccc(F)c(F)c1)OCC. The van der Waals surface area contributed by atoms with E-state index >= 15 is 0 Å². The molecule has 1 aromatic carbocycles. The van der Waals surface area contributed by atoms with Gasteiger partial charge in [-0.2, -0.15) is 0 Å². The third-order valence-electron chi connectivity index (χ3n) is 2.15. The summed E-state index contributed by atoms with van der Waals surface area (Å²) in [5.41, 5.74) is 0.458. The van der Waals surface area contributed by atoms with Crippen molar-refractivity contribution in [1.29, 1.82) is 0 Å². The molecule has 0 spiro atoms. The average Bonchev–Trinajstić information content (AvgIpc) is 2.24. The van der Waals surface area contributed by atoms with E-state index in [0.29, 0.717) is 18.8 Å². The topological polar surface area (TPSA) is 38.7 Å². The molecule has 1 N–H and O–H groups in total. The third kappa shape index (κ3) is 4.28. The molecule has 3 nitrogen and oxygen atoms in total. The molecular weight excluding hydrogens is 249 g/mol. The number of halogens is 2. The van der Waals surface area contributed by atoms with Gasteiger partial charge < -0.3 is 0 Å². The Morgan fingerprint density at radius 3 is 2.18 bits per heavy atom. The zero-order valence-corrected chi connectivity index (χ0v) is 10.9. The van der Waals surface area contributed by atoms with Gasteiger partial charge in [-0.15, -0.1) is 0 Å². The fourth-order valence-electron chi connectivity index (χ4n) is 1.50. The van der Waals surface area contributed by atoms with E-state index in [9.17, 15) is 13.7 Å². The van der Waals surface area contributed by atoms with Gasteiger partial charge in [0.05, 0.1) is 0 Å². The van der Waals surface area contributed by atoms with Crippen LogP contribution in [0.15, 0.2) is 18.2 Å². The zero-order valence-electron chi connectivity index (χ0n) is 9.87. The molecule has 0 heterocycles. The molecule has 0 amide bonds. The second-order valence-corrected chi connectivity index (χ2v) is 5.86. The van der Waals surface area contributed by atoms with Crippen molar-refractivity contribution in [2.75, 3.05) is 13.2 Å². The molecule has 0 saturated carbocycles. The van der Waals surface area contributed by atoms with Crippen LogP contribution in [0.3, 0.4) is 0 Å². The van der Waals surface area contributed by atoms with Crippen molar-refractivity contribution in [2.24, 2.45) is 0 Å². The Labute approximate surface area is 100.0 Å². The quantitative estimate of drug-likeness (QED) is 0.804. The molecule has 0 bridgehead atoms. The van der Waals surface area contributed by atoms with Crippen LogP contribution in [0.1, 0.15) is 19.4 Å². The molecule has 0 aliphatic heterocycles. The summed E-state index contributed by atoms with van der Waals surface area (Å²) in [7, 11) is -3.32. The van der Waals surface area contributed by atoms with Gasteiger partial charge in [0, 0.05) is 0 Å². The molecule has 17 heavy (non-hydrogen) atoms. The number of hydrogen-bond donors (Lipinski definition) is 1. The first-order valence-electron chi connectivity index (χ1n) is 5.45. The average molecular weight is 266 g/mol. The second-order valence-electron chi connectivity index (χ2n) is 3.50. The number of benzene rings is 1. The van der Waals surface area contributed by atoms with Crippen molar-refractivity contribution in [2.45, 2.75) is 20.0 Å². The minimum atomic E-state index is -3.32. The summed E-state index contributed by atoms with van der Waals surface area (Å²) >= 11 is 0. The zero-order chi connectivity index (χ0) is 12.9. The summed E-state index contributed by atoms with van der Waals surface area (Å²) in [6, 6.07) is 3.48. The number of hydrogen-bond acceptors (Lipinski definition) is 3. The predicted molar refractivity (Wildman–Crippen MR) is 63.8 cm³/mol. The first-order chi connectivity index (χ1) is 8.00. The molecule has 0 aliphatic carbocycles. The maximum absolute atomic E-state index is 13.0. The Balaban J connectivity index is 2.81. The van der Waals surface area contributed by atoms with E-state index in [2.05, 4.69) is 0 Å². The summed E-state index contributed by atoms with van der Waals surface area (Å²) < 4.78 is 36.1. The van der Waals surface area contributed by atoms with Crippen LogP contribution in [-0.2, 0) is 15.2 Å². The van der Waals surface area contributed by atoms with Gasteiger partial charge in [0.2, 0.25) is 0 Å². The third-order valence-corrected chi connectivity index (χ3v) is 4.49. The Kier molecular flexibility index (Phi) is 5.40. The van der Waals surface area contributed by atoms with E-state index in [1.165, 1.54) is 6.07 Å². The van der Waals surface area contributed by atoms with E-state index in [1.807, 2.05) is 0 Å². The van der Waals surface area contributed by atoms with Crippen molar-refractivity contribution >= 4 is 7.94 Å². The van der Waals surface area contributed by atoms with Crippen LogP contribution in [0.2, 0.25) is 0 Å². The van der Waals surface area contributed by atoms with Crippen molar-refractivity contribution in [3.8, 4) is 0 Å². The Morgan fingerprint density at radius 1 is 1.12 bits per heavy atom. The monoisotopic (exact) mass is 266 g/mol. The van der Waals surface area contributed by atoms with Crippen molar-refractivity contribution in [3.63, 3.8) is 0 Å². The first kappa shape index (κ1) is 14.5. The Hall–Kier alpha value is -0.610. The van der Waals surface area contributed by atoms with E-state index in [-0.39, 0.29) is 6.16 Å². The van der Waals surface area contributed by atoms with Crippen LogP contribution in [0, 0.1) is 11.6 Å². The number of rotatable bonds is 6. The molecule has 0 radical (unpaired) electrons. The molecule has 1 aromatic rings. The van der Waals surface area contributed by atoms with Gasteiger partial charge in [-0.25, -0.2) is 0 Å². The molecular formula is C11H17F2O3P. The van der Waals surface area contributed by atoms with Crippen LogP contribution in [0.4, 0.5) is 8.78 Å². The van der Waals surface area contributed by atoms with Crippen LogP contribution in [0.5, 0.6) is 0 Å². The normalized spacial score (nSPS) is 12.8. The van der Waals surface area contributed by atoms with E-state index < -0.39 is 19.6 Å². The Morgan fingerprint density at radius 2 is 1.71 bits per heavy atom. The van der Waals surface area contributed by atoms with Crippen molar-refractivity contribution < 1.29 is 22.7 Å². The van der Waals surface area contributed by atoms with Gasteiger partial charge in [0.25, 0.3) is 0 Å². The van der Waals surface area contributed by atoms with Gasteiger partial charge >= 0.3 is 99.3 Å². The molecule has 6 heteroatoms. The van der Waals surface area contributed by atoms with Crippen LogP contribution >= 0.6 is 7.94 Å². The fraction of sp³-hybridized carbons (Fsp3) is 0.455. The minimum absolute atomic E-state index is 0.0753. The molecule has 0 fully saturated rings. The molecule has 0 unspecified atom stereocenters. The fourth-order valence-corrected chi connectivity index (χ4v) is 3.43. The van der Waals surface area contributed by atoms with Crippen LogP contribution in [-0.4, -0.2) is 18.1 Å². The summed E-state index contributed by atoms with van der Waals surface area (Å²) in [6.07, 6.45) is 0.0753. The van der Waals surface area contributed by atoms with Crippen molar-refractivity contribution in [3.05, 3.63) is 35.4 Å². The molecule has 98 valence electrons. The standard InChI is InChI=1S/C11H17F2O3P/c1-3-15-17(14,16-4-2)8-9-5-6-10(12)11(13)7-9/h5-7,14,17H,3-4,8H2,1-2H3. The van der Waals surface area contributed by atoms with Gasteiger partial charge in [0.1, 0.15) is 0 Å². The van der Waals surface area contributed by atoms with Gasteiger partial charge in [0.15, 0.2) is 0 Å².